The van der Waals surface area contributed by atoms with E-state index in [0.29, 0.717) is 29.3 Å². The molecule has 5 heterocycles. The Balaban J connectivity index is 2.01. The number of pyridine rings is 1. The molecule has 0 saturated carbocycles. The molecule has 0 bridgehead atoms. The maximum Gasteiger partial charge on any atom is 0.295 e. The highest BCUT2D eigenvalue weighted by atomic mass is 15.3. The van der Waals surface area contributed by atoms with Crippen LogP contribution in [0.25, 0.3) is 28.3 Å². The molecule has 0 amide bonds. The van der Waals surface area contributed by atoms with Gasteiger partial charge in [0.2, 0.25) is 11.5 Å². The van der Waals surface area contributed by atoms with Gasteiger partial charge in [-0.15, -0.1) is 0 Å². The summed E-state index contributed by atoms with van der Waals surface area (Å²) in [5.74, 6) is 0.645. The van der Waals surface area contributed by atoms with Crippen molar-refractivity contribution >= 4 is 16.9 Å². The highest BCUT2D eigenvalue weighted by molar-refractivity contribution is 5.77. The lowest BCUT2D eigenvalue weighted by Gasteiger charge is -1.96. The molecule has 0 radical (unpaired) electrons. The third kappa shape index (κ3) is 1.01. The fourth-order valence-electron chi connectivity index (χ4n) is 2.95. The molecule has 0 atom stereocenters. The lowest BCUT2D eigenvalue weighted by Crippen LogP contribution is -2.30. The average molecular weight is 266 g/mol. The molecule has 0 spiro atoms. The van der Waals surface area contributed by atoms with Crippen LogP contribution in [-0.4, -0.2) is 23.9 Å². The molecule has 0 aliphatic carbocycles. The second-order valence-electron chi connectivity index (χ2n) is 4.84. The summed E-state index contributed by atoms with van der Waals surface area (Å²) in [6, 6.07) is 1.85. The van der Waals surface area contributed by atoms with Crippen molar-refractivity contribution in [1.82, 2.24) is 23.9 Å². The minimum Gasteiger partial charge on any atom is -0.264 e. The zero-order valence-corrected chi connectivity index (χ0v) is 10.4. The van der Waals surface area contributed by atoms with Gasteiger partial charge in [0.15, 0.2) is 0 Å². The summed E-state index contributed by atoms with van der Waals surface area (Å²) >= 11 is 0. The fourth-order valence-corrected chi connectivity index (χ4v) is 2.95. The number of aromatic nitrogens is 6. The molecule has 0 N–H and O–H groups in total. The molecule has 0 saturated heterocycles. The Morgan fingerprint density at radius 3 is 3.20 bits per heavy atom. The van der Waals surface area contributed by atoms with Gasteiger partial charge in [-0.2, -0.15) is 4.98 Å². The van der Waals surface area contributed by atoms with Crippen LogP contribution in [0.15, 0.2) is 37.1 Å². The van der Waals surface area contributed by atoms with E-state index >= 15 is 0 Å². The maximum absolute atomic E-state index is 8.01. The van der Waals surface area contributed by atoms with Gasteiger partial charge in [0, 0.05) is 18.0 Å². The van der Waals surface area contributed by atoms with E-state index in [-0.39, 0.29) is 0 Å². The van der Waals surface area contributed by atoms with E-state index in [1.807, 2.05) is 10.6 Å². The van der Waals surface area contributed by atoms with E-state index in [1.165, 1.54) is 4.57 Å². The Bertz CT molecular complexity index is 1090. The number of aryl methyl sites for hydroxylation is 1. The first kappa shape index (κ1) is 7.74. The van der Waals surface area contributed by atoms with Crippen molar-refractivity contribution in [2.75, 3.05) is 0 Å². The molecule has 1 aliphatic heterocycles. The van der Waals surface area contributed by atoms with Crippen LogP contribution < -0.4 is 4.57 Å². The Hall–Kier alpha value is -2.76. The molecule has 6 nitrogen and oxygen atoms in total. The zero-order valence-electron chi connectivity index (χ0n) is 13.4. The lowest BCUT2D eigenvalue weighted by molar-refractivity contribution is -0.636. The summed E-state index contributed by atoms with van der Waals surface area (Å²) < 4.78 is 29.1. The zero-order chi connectivity index (χ0) is 15.8. The van der Waals surface area contributed by atoms with Crippen molar-refractivity contribution in [2.45, 2.75) is 6.54 Å². The van der Waals surface area contributed by atoms with E-state index in [9.17, 15) is 0 Å². The summed E-state index contributed by atoms with van der Waals surface area (Å²) in [5.41, 5.74) is 3.70. The van der Waals surface area contributed by atoms with Crippen molar-refractivity contribution in [3.8, 4) is 11.4 Å². The number of nitrogens with zero attached hydrogens (tertiary/aromatic N) is 6. The molecule has 4 aromatic heterocycles. The molecule has 20 heavy (non-hydrogen) atoms. The highest BCUT2D eigenvalue weighted by Gasteiger charge is 2.33. The van der Waals surface area contributed by atoms with Gasteiger partial charge in [-0.1, -0.05) is 0 Å². The summed E-state index contributed by atoms with van der Waals surface area (Å²) in [6.45, 7) is -1.75. The predicted octanol–water partition coefficient (Wildman–Crippen LogP) is 0.932. The second-order valence-corrected chi connectivity index (χ2v) is 4.84. The van der Waals surface area contributed by atoms with E-state index < -0.39 is 6.98 Å². The van der Waals surface area contributed by atoms with Gasteiger partial charge in [0.25, 0.3) is 11.3 Å². The maximum atomic E-state index is 8.01. The summed E-state index contributed by atoms with van der Waals surface area (Å²) in [7, 11) is 0. The Morgan fingerprint density at radius 1 is 1.30 bits per heavy atom. The fraction of sp³-hybridized carbons (Fsp3) is 0.143. The first-order chi connectivity index (χ1) is 11.1. The molecular formula is C14H11N6+. The molecule has 1 aliphatic rings. The van der Waals surface area contributed by atoms with Crippen LogP contribution in [0.4, 0.5) is 0 Å². The van der Waals surface area contributed by atoms with Crippen molar-refractivity contribution in [2.24, 2.45) is 6.98 Å². The molecule has 0 unspecified atom stereocenters. The van der Waals surface area contributed by atoms with Gasteiger partial charge < -0.3 is 0 Å². The molecule has 6 heteroatoms. The molecular weight excluding hydrogens is 252 g/mol. The third-order valence-electron chi connectivity index (χ3n) is 3.80. The minimum absolute atomic E-state index is 0.555. The van der Waals surface area contributed by atoms with Crippen molar-refractivity contribution in [3.63, 3.8) is 0 Å². The topological polar surface area (TPSA) is 51.9 Å². The summed E-state index contributed by atoms with van der Waals surface area (Å²) in [4.78, 5) is 12.8. The minimum atomic E-state index is -2.32. The van der Waals surface area contributed by atoms with Crippen LogP contribution in [0.2, 0.25) is 0 Å². The SMILES string of the molecule is [2H]C([2H])([2H])[n+]1c2n(c3nc4cnccn4c31)Cc1cnccc1-2. The number of rotatable bonds is 0. The predicted molar refractivity (Wildman–Crippen MR) is 72.0 cm³/mol. The molecule has 0 aromatic carbocycles. The molecule has 0 fully saturated rings. The van der Waals surface area contributed by atoms with Crippen LogP contribution in [0, 0.1) is 0 Å². The van der Waals surface area contributed by atoms with Crippen LogP contribution in [0.3, 0.4) is 0 Å². The first-order valence-corrected chi connectivity index (χ1v) is 6.26. The largest absolute Gasteiger partial charge is 0.295 e. The van der Waals surface area contributed by atoms with Gasteiger partial charge in [-0.25, -0.2) is 13.5 Å². The first-order valence-electron chi connectivity index (χ1n) is 7.76. The van der Waals surface area contributed by atoms with Crippen LogP contribution >= 0.6 is 0 Å². The normalized spacial score (nSPS) is 15.9. The lowest BCUT2D eigenvalue weighted by atomic mass is 10.2. The number of hydrogen-bond donors (Lipinski definition) is 0. The van der Waals surface area contributed by atoms with Crippen LogP contribution in [0.5, 0.6) is 0 Å². The average Bonchev–Trinajstić information content (AvgIpc) is 3.13. The van der Waals surface area contributed by atoms with Gasteiger partial charge in [0.1, 0.15) is 0 Å². The van der Waals surface area contributed by atoms with Gasteiger partial charge in [-0.05, 0) is 6.07 Å². The van der Waals surface area contributed by atoms with Crippen LogP contribution in [-0.2, 0) is 13.5 Å². The monoisotopic (exact) mass is 266 g/mol. The smallest absolute Gasteiger partial charge is 0.264 e. The Morgan fingerprint density at radius 2 is 2.25 bits per heavy atom. The van der Waals surface area contributed by atoms with E-state index in [2.05, 4.69) is 15.0 Å². The number of hydrogen-bond acceptors (Lipinski definition) is 3. The van der Waals surface area contributed by atoms with Crippen molar-refractivity contribution in [3.05, 3.63) is 42.6 Å². The van der Waals surface area contributed by atoms with E-state index in [0.717, 1.165) is 11.1 Å². The van der Waals surface area contributed by atoms with Gasteiger partial charge in [0.05, 0.1) is 41.8 Å². The Labute approximate surface area is 118 Å². The third-order valence-corrected chi connectivity index (χ3v) is 3.80. The Kier molecular flexibility index (Phi) is 1.24. The quantitative estimate of drug-likeness (QED) is 0.392. The van der Waals surface area contributed by atoms with Gasteiger partial charge >= 0.3 is 0 Å². The van der Waals surface area contributed by atoms with E-state index in [1.54, 1.807) is 35.4 Å². The van der Waals surface area contributed by atoms with Crippen molar-refractivity contribution < 1.29 is 8.68 Å². The summed E-state index contributed by atoms with van der Waals surface area (Å²) in [5, 5.41) is 0. The van der Waals surface area contributed by atoms with Crippen molar-refractivity contribution in [1.29, 1.82) is 0 Å². The summed E-state index contributed by atoms with van der Waals surface area (Å²) in [6.07, 6.45) is 8.43. The second kappa shape index (κ2) is 3.22. The highest BCUT2D eigenvalue weighted by Crippen LogP contribution is 2.32. The van der Waals surface area contributed by atoms with Crippen LogP contribution in [0.1, 0.15) is 9.68 Å². The molecule has 5 rings (SSSR count). The standard InChI is InChI=1S/C14H11N6/c1-18-13-10-2-3-15-6-9(10)8-20(13)12-14(18)19-5-4-16-7-11(19)17-12/h2-7H,8H2,1H3/q+1/i1D3. The number of fused-ring (bicyclic) bond motifs is 7. The molecule has 4 aromatic rings. The van der Waals surface area contributed by atoms with E-state index in [4.69, 9.17) is 4.11 Å². The molecule has 96 valence electrons. The van der Waals surface area contributed by atoms with Gasteiger partial charge in [-0.3, -0.25) is 9.97 Å². The number of imidazole rings is 2.